The van der Waals surface area contributed by atoms with Crippen molar-refractivity contribution in [3.63, 3.8) is 0 Å². The molecule has 0 aromatic rings. The average Bonchev–Trinajstić information content (AvgIpc) is 2.29. The van der Waals surface area contributed by atoms with E-state index in [-0.39, 0.29) is 0 Å². The fourth-order valence-corrected chi connectivity index (χ4v) is 0.989. The summed E-state index contributed by atoms with van der Waals surface area (Å²) in [6.07, 6.45) is 5.13. The lowest BCUT2D eigenvalue weighted by molar-refractivity contribution is 0.460. The lowest BCUT2D eigenvalue weighted by Crippen LogP contribution is -2.15. The van der Waals surface area contributed by atoms with E-state index >= 15 is 0 Å². The van der Waals surface area contributed by atoms with Crippen molar-refractivity contribution in [3.8, 4) is 11.8 Å². The Kier molecular flexibility index (Phi) is 2.99. The summed E-state index contributed by atoms with van der Waals surface area (Å²) >= 11 is 0. The Morgan fingerprint density at radius 1 is 1.50 bits per heavy atom. The summed E-state index contributed by atoms with van der Waals surface area (Å²) < 4.78 is 0. The smallest absolute Gasteiger partial charge is 0.0876 e. The Balaban J connectivity index is 2.81. The van der Waals surface area contributed by atoms with Crippen molar-refractivity contribution in [1.82, 2.24) is 4.90 Å². The van der Waals surface area contributed by atoms with Crippen molar-refractivity contribution < 1.29 is 0 Å². The summed E-state index contributed by atoms with van der Waals surface area (Å²) in [7, 11) is 2.06. The van der Waals surface area contributed by atoms with E-state index in [1.165, 1.54) is 5.57 Å². The monoisotopic (exact) mass is 161 g/mol. The fraction of sp³-hybridized carbons (Fsp3) is 0.455. The zero-order chi connectivity index (χ0) is 8.97. The Hall–Kier alpha value is -1.16. The summed E-state index contributed by atoms with van der Waals surface area (Å²) in [4.78, 5) is 2.15. The second kappa shape index (κ2) is 4.01. The summed E-state index contributed by atoms with van der Waals surface area (Å²) in [5.41, 5.74) is 2.45. The molecular weight excluding hydrogens is 146 g/mol. The van der Waals surface area contributed by atoms with Crippen LogP contribution in [0.25, 0.3) is 0 Å². The highest BCUT2D eigenvalue weighted by Gasteiger charge is 1.98. The normalized spacial score (nSPS) is 15.2. The third-order valence-electron chi connectivity index (χ3n) is 1.99. The van der Waals surface area contributed by atoms with Gasteiger partial charge in [-0.1, -0.05) is 17.6 Å². The van der Waals surface area contributed by atoms with Crippen LogP contribution in [-0.4, -0.2) is 18.5 Å². The Labute approximate surface area is 74.8 Å². The third-order valence-corrected chi connectivity index (χ3v) is 1.99. The maximum Gasteiger partial charge on any atom is 0.0876 e. The fourth-order valence-electron chi connectivity index (χ4n) is 0.989. The molecule has 12 heavy (non-hydrogen) atoms. The Morgan fingerprint density at radius 2 is 2.25 bits per heavy atom. The molecule has 1 rings (SSSR count). The molecule has 0 aliphatic heterocycles. The highest BCUT2D eigenvalue weighted by atomic mass is 15.1. The minimum Gasteiger partial charge on any atom is -0.368 e. The minimum absolute atomic E-state index is 0.900. The predicted octanol–water partition coefficient (Wildman–Crippen LogP) is 2.18. The molecule has 0 aromatic carbocycles. The van der Waals surface area contributed by atoms with E-state index in [0.717, 1.165) is 18.7 Å². The van der Waals surface area contributed by atoms with Crippen molar-refractivity contribution in [2.75, 3.05) is 13.6 Å². The predicted molar refractivity (Wildman–Crippen MR) is 52.5 cm³/mol. The largest absolute Gasteiger partial charge is 0.368 e. The van der Waals surface area contributed by atoms with Gasteiger partial charge in [0.15, 0.2) is 0 Å². The van der Waals surface area contributed by atoms with Crippen molar-refractivity contribution in [2.24, 2.45) is 0 Å². The molecule has 1 aliphatic rings. The molecule has 0 aromatic heterocycles. The van der Waals surface area contributed by atoms with Gasteiger partial charge >= 0.3 is 0 Å². The molecule has 1 aliphatic carbocycles. The van der Waals surface area contributed by atoms with Crippen molar-refractivity contribution in [3.05, 3.63) is 23.4 Å². The lowest BCUT2D eigenvalue weighted by atomic mass is 10.2. The van der Waals surface area contributed by atoms with Crippen LogP contribution in [-0.2, 0) is 0 Å². The topological polar surface area (TPSA) is 3.24 Å². The standard InChI is InChI=1S/C11H15N/c1-4-12(3)11-7-5-6-10(2)8-9-11/h8-9H,4,6H2,1-3H3. The van der Waals surface area contributed by atoms with Crippen LogP contribution in [0.2, 0.25) is 0 Å². The SMILES string of the molecule is CCN(C)C1=CC=C(C)CC#C1. The Bertz CT molecular complexity index is 273. The van der Waals surface area contributed by atoms with Gasteiger partial charge in [0.2, 0.25) is 0 Å². The van der Waals surface area contributed by atoms with Crippen LogP contribution in [0, 0.1) is 11.8 Å². The molecule has 0 unspecified atom stereocenters. The van der Waals surface area contributed by atoms with Crippen LogP contribution in [0.5, 0.6) is 0 Å². The minimum atomic E-state index is 0.900. The van der Waals surface area contributed by atoms with Gasteiger partial charge in [0, 0.05) is 20.0 Å². The summed E-state index contributed by atoms with van der Waals surface area (Å²) in [6, 6.07) is 0. The molecule has 0 bridgehead atoms. The molecule has 0 N–H and O–H groups in total. The molecule has 0 fully saturated rings. The van der Waals surface area contributed by atoms with Crippen LogP contribution in [0.4, 0.5) is 0 Å². The molecule has 1 nitrogen and oxygen atoms in total. The quantitative estimate of drug-likeness (QED) is 0.561. The third kappa shape index (κ3) is 2.17. The molecule has 1 heteroatoms. The van der Waals surface area contributed by atoms with Gasteiger partial charge in [0.05, 0.1) is 5.70 Å². The highest BCUT2D eigenvalue weighted by Crippen LogP contribution is 2.07. The van der Waals surface area contributed by atoms with Gasteiger partial charge in [-0.3, -0.25) is 0 Å². The second-order valence-corrected chi connectivity index (χ2v) is 3.06. The van der Waals surface area contributed by atoms with E-state index in [1.54, 1.807) is 0 Å². The average molecular weight is 161 g/mol. The maximum absolute atomic E-state index is 3.15. The Morgan fingerprint density at radius 3 is 2.92 bits per heavy atom. The lowest BCUT2D eigenvalue weighted by Gasteiger charge is -2.14. The van der Waals surface area contributed by atoms with Crippen molar-refractivity contribution in [1.29, 1.82) is 0 Å². The van der Waals surface area contributed by atoms with Crippen LogP contribution < -0.4 is 0 Å². The van der Waals surface area contributed by atoms with Crippen LogP contribution in [0.3, 0.4) is 0 Å². The summed E-state index contributed by atoms with van der Waals surface area (Å²) in [5.74, 6) is 6.28. The first kappa shape index (κ1) is 8.93. The van der Waals surface area contributed by atoms with Gasteiger partial charge < -0.3 is 4.90 Å². The van der Waals surface area contributed by atoms with Crippen molar-refractivity contribution >= 4 is 0 Å². The van der Waals surface area contributed by atoms with Gasteiger partial charge in [0.1, 0.15) is 0 Å². The first-order valence-corrected chi connectivity index (χ1v) is 4.31. The number of rotatable bonds is 2. The van der Waals surface area contributed by atoms with Crippen LogP contribution >= 0.6 is 0 Å². The molecule has 0 saturated carbocycles. The van der Waals surface area contributed by atoms with Crippen LogP contribution in [0.1, 0.15) is 20.3 Å². The number of hydrogen-bond donors (Lipinski definition) is 0. The molecule has 0 amide bonds. The van der Waals surface area contributed by atoms with E-state index < -0.39 is 0 Å². The van der Waals surface area contributed by atoms with E-state index in [9.17, 15) is 0 Å². The van der Waals surface area contributed by atoms with E-state index in [1.807, 2.05) is 0 Å². The van der Waals surface area contributed by atoms with Gasteiger partial charge in [-0.25, -0.2) is 0 Å². The molecule has 64 valence electrons. The maximum atomic E-state index is 3.15. The molecule has 0 radical (unpaired) electrons. The first-order valence-electron chi connectivity index (χ1n) is 4.31. The number of allylic oxidation sites excluding steroid dienone is 4. The summed E-state index contributed by atoms with van der Waals surface area (Å²) in [5, 5.41) is 0. The van der Waals surface area contributed by atoms with Crippen molar-refractivity contribution in [2.45, 2.75) is 20.3 Å². The molecule has 0 spiro atoms. The van der Waals surface area contributed by atoms with E-state index in [4.69, 9.17) is 0 Å². The molecule has 0 saturated heterocycles. The zero-order valence-corrected chi connectivity index (χ0v) is 8.02. The second-order valence-electron chi connectivity index (χ2n) is 3.06. The van der Waals surface area contributed by atoms with Gasteiger partial charge in [-0.2, -0.15) is 0 Å². The number of nitrogens with zero attached hydrogens (tertiary/aromatic N) is 1. The van der Waals surface area contributed by atoms with Gasteiger partial charge in [-0.15, -0.1) is 0 Å². The van der Waals surface area contributed by atoms with Gasteiger partial charge in [-0.05, 0) is 25.8 Å². The highest BCUT2D eigenvalue weighted by molar-refractivity contribution is 5.36. The molecule has 0 heterocycles. The number of hydrogen-bond acceptors (Lipinski definition) is 1. The summed E-state index contributed by atoms with van der Waals surface area (Å²) in [6.45, 7) is 5.25. The first-order chi connectivity index (χ1) is 5.74. The van der Waals surface area contributed by atoms with E-state index in [0.29, 0.717) is 0 Å². The molecule has 0 atom stereocenters. The zero-order valence-electron chi connectivity index (χ0n) is 8.02. The van der Waals surface area contributed by atoms with Gasteiger partial charge in [0.25, 0.3) is 0 Å². The van der Waals surface area contributed by atoms with Crippen LogP contribution in [0.15, 0.2) is 23.4 Å². The van der Waals surface area contributed by atoms with E-state index in [2.05, 4.69) is 49.8 Å². The molecular formula is C11H15N.